The van der Waals surface area contributed by atoms with E-state index >= 15 is 0 Å². The molecule has 0 bridgehead atoms. The lowest BCUT2D eigenvalue weighted by molar-refractivity contribution is 0.425. The van der Waals surface area contributed by atoms with E-state index < -0.39 is 0 Å². The fraction of sp³-hybridized carbons (Fsp3) is 0.818. The van der Waals surface area contributed by atoms with Gasteiger partial charge in [-0.2, -0.15) is 0 Å². The van der Waals surface area contributed by atoms with Crippen molar-refractivity contribution in [2.45, 2.75) is 46.5 Å². The van der Waals surface area contributed by atoms with Crippen molar-refractivity contribution in [1.29, 1.82) is 0 Å². The van der Waals surface area contributed by atoms with Crippen molar-refractivity contribution in [3.8, 4) is 0 Å². The van der Waals surface area contributed by atoms with Gasteiger partial charge in [0.15, 0.2) is 0 Å². The zero-order valence-corrected chi connectivity index (χ0v) is 8.27. The van der Waals surface area contributed by atoms with Crippen molar-refractivity contribution in [1.82, 2.24) is 0 Å². The first kappa shape index (κ1) is 10.7. The van der Waals surface area contributed by atoms with Crippen LogP contribution in [0.2, 0.25) is 0 Å². The second kappa shape index (κ2) is 6.45. The van der Waals surface area contributed by atoms with Gasteiger partial charge in [0.05, 0.1) is 0 Å². The molecule has 0 saturated carbocycles. The summed E-state index contributed by atoms with van der Waals surface area (Å²) in [5.41, 5.74) is 0. The summed E-state index contributed by atoms with van der Waals surface area (Å²) >= 11 is 0. The molecular formula is C11H22. The molecule has 0 rings (SSSR count). The smallest absolute Gasteiger partial charge is 0.0262 e. The largest absolute Gasteiger partial charge is 0.103 e. The third-order valence-electron chi connectivity index (χ3n) is 2.23. The zero-order valence-electron chi connectivity index (χ0n) is 8.27. The van der Waals surface area contributed by atoms with E-state index in [-0.39, 0.29) is 0 Å². The molecular weight excluding hydrogens is 132 g/mol. The summed E-state index contributed by atoms with van der Waals surface area (Å²) in [6, 6.07) is 0. The Bertz CT molecular complexity index is 94.2. The highest BCUT2D eigenvalue weighted by Gasteiger charge is 2.04. The average molecular weight is 154 g/mol. The maximum absolute atomic E-state index is 3.79. The molecule has 0 amide bonds. The summed E-state index contributed by atoms with van der Waals surface area (Å²) in [6.45, 7) is 10.6. The van der Waals surface area contributed by atoms with Crippen LogP contribution in [-0.4, -0.2) is 0 Å². The van der Waals surface area contributed by atoms with E-state index in [9.17, 15) is 0 Å². The topological polar surface area (TPSA) is 0 Å². The lowest BCUT2D eigenvalue weighted by atomic mass is 9.93. The molecule has 0 heteroatoms. The third-order valence-corrected chi connectivity index (χ3v) is 2.23. The number of unbranched alkanes of at least 4 members (excludes halogenated alkanes) is 1. The predicted octanol–water partition coefficient (Wildman–Crippen LogP) is 4.02. The maximum Gasteiger partial charge on any atom is -0.0262 e. The number of rotatable bonds is 6. The van der Waals surface area contributed by atoms with Crippen LogP contribution in [-0.2, 0) is 0 Å². The van der Waals surface area contributed by atoms with Gasteiger partial charge in [0, 0.05) is 0 Å². The van der Waals surface area contributed by atoms with E-state index in [0.29, 0.717) is 5.92 Å². The van der Waals surface area contributed by atoms with Gasteiger partial charge >= 0.3 is 0 Å². The van der Waals surface area contributed by atoms with Crippen molar-refractivity contribution in [2.24, 2.45) is 11.8 Å². The van der Waals surface area contributed by atoms with Gasteiger partial charge in [-0.15, -0.1) is 6.58 Å². The van der Waals surface area contributed by atoms with Gasteiger partial charge < -0.3 is 0 Å². The molecule has 0 aromatic rings. The van der Waals surface area contributed by atoms with Crippen molar-refractivity contribution < 1.29 is 0 Å². The highest BCUT2D eigenvalue weighted by Crippen LogP contribution is 2.17. The van der Waals surface area contributed by atoms with Crippen LogP contribution < -0.4 is 0 Å². The lowest BCUT2D eigenvalue weighted by Gasteiger charge is -2.13. The summed E-state index contributed by atoms with van der Waals surface area (Å²) in [4.78, 5) is 0. The molecule has 0 N–H and O–H groups in total. The summed E-state index contributed by atoms with van der Waals surface area (Å²) in [5, 5.41) is 0. The fourth-order valence-corrected chi connectivity index (χ4v) is 1.40. The van der Waals surface area contributed by atoms with Crippen LogP contribution in [0.1, 0.15) is 46.5 Å². The first-order chi connectivity index (χ1) is 5.20. The normalized spacial score (nSPS) is 15.9. The van der Waals surface area contributed by atoms with Gasteiger partial charge in [-0.25, -0.2) is 0 Å². The Hall–Kier alpha value is -0.260. The quantitative estimate of drug-likeness (QED) is 0.507. The second-order valence-corrected chi connectivity index (χ2v) is 3.70. The highest BCUT2D eigenvalue weighted by molar-refractivity contribution is 4.76. The average Bonchev–Trinajstić information content (AvgIpc) is 2.00. The molecule has 11 heavy (non-hydrogen) atoms. The van der Waals surface area contributed by atoms with E-state index in [2.05, 4.69) is 33.4 Å². The van der Waals surface area contributed by atoms with Crippen LogP contribution in [0.4, 0.5) is 0 Å². The Labute approximate surface area is 71.7 Å². The standard InChI is InChI=1S/C11H22/c1-5-7-8-11(4)9-10(3)6-2/h6,10-11H,2,5,7-9H2,1,3-4H3. The summed E-state index contributed by atoms with van der Waals surface area (Å²) in [5.74, 6) is 1.57. The second-order valence-electron chi connectivity index (χ2n) is 3.70. The number of hydrogen-bond acceptors (Lipinski definition) is 0. The van der Waals surface area contributed by atoms with E-state index in [1.165, 1.54) is 25.7 Å². The van der Waals surface area contributed by atoms with Crippen LogP contribution in [0, 0.1) is 11.8 Å². The molecule has 0 aliphatic heterocycles. The molecule has 0 radical (unpaired) electrons. The Balaban J connectivity index is 3.34. The first-order valence-electron chi connectivity index (χ1n) is 4.83. The lowest BCUT2D eigenvalue weighted by Crippen LogP contribution is -2.00. The first-order valence-corrected chi connectivity index (χ1v) is 4.83. The van der Waals surface area contributed by atoms with E-state index in [1.54, 1.807) is 0 Å². The van der Waals surface area contributed by atoms with Gasteiger partial charge in [-0.3, -0.25) is 0 Å². The van der Waals surface area contributed by atoms with Crippen LogP contribution in [0.25, 0.3) is 0 Å². The summed E-state index contributed by atoms with van der Waals surface area (Å²) in [7, 11) is 0. The van der Waals surface area contributed by atoms with Crippen molar-refractivity contribution in [3.63, 3.8) is 0 Å². The van der Waals surface area contributed by atoms with Gasteiger partial charge in [0.1, 0.15) is 0 Å². The summed E-state index contributed by atoms with van der Waals surface area (Å²) in [6.07, 6.45) is 7.46. The molecule has 2 atom stereocenters. The monoisotopic (exact) mass is 154 g/mol. The van der Waals surface area contributed by atoms with Gasteiger partial charge in [-0.1, -0.05) is 46.1 Å². The minimum atomic E-state index is 0.696. The molecule has 0 aliphatic rings. The van der Waals surface area contributed by atoms with E-state index in [0.717, 1.165) is 5.92 Å². The molecule has 0 aromatic carbocycles. The van der Waals surface area contributed by atoms with Crippen LogP contribution >= 0.6 is 0 Å². The Morgan fingerprint density at radius 2 is 2.00 bits per heavy atom. The summed E-state index contributed by atoms with van der Waals surface area (Å²) < 4.78 is 0. The molecule has 0 saturated heterocycles. The van der Waals surface area contributed by atoms with Crippen LogP contribution in [0.5, 0.6) is 0 Å². The minimum absolute atomic E-state index is 0.696. The number of allylic oxidation sites excluding steroid dienone is 1. The Morgan fingerprint density at radius 3 is 2.45 bits per heavy atom. The predicted molar refractivity (Wildman–Crippen MR) is 52.7 cm³/mol. The highest BCUT2D eigenvalue weighted by atomic mass is 14.1. The van der Waals surface area contributed by atoms with E-state index in [4.69, 9.17) is 0 Å². The van der Waals surface area contributed by atoms with Gasteiger partial charge in [0.2, 0.25) is 0 Å². The fourth-order valence-electron chi connectivity index (χ4n) is 1.40. The van der Waals surface area contributed by atoms with Crippen LogP contribution in [0.15, 0.2) is 12.7 Å². The Morgan fingerprint density at radius 1 is 1.36 bits per heavy atom. The number of hydrogen-bond donors (Lipinski definition) is 0. The van der Waals surface area contributed by atoms with Crippen molar-refractivity contribution in [3.05, 3.63) is 12.7 Å². The molecule has 0 aliphatic carbocycles. The molecule has 2 unspecified atom stereocenters. The molecule has 0 heterocycles. The molecule has 0 spiro atoms. The SMILES string of the molecule is C=CC(C)CC(C)CCCC. The van der Waals surface area contributed by atoms with Crippen molar-refractivity contribution in [2.75, 3.05) is 0 Å². The molecule has 0 fully saturated rings. The van der Waals surface area contributed by atoms with Crippen molar-refractivity contribution >= 4 is 0 Å². The maximum atomic E-state index is 3.79. The Kier molecular flexibility index (Phi) is 6.30. The van der Waals surface area contributed by atoms with Crippen LogP contribution in [0.3, 0.4) is 0 Å². The minimum Gasteiger partial charge on any atom is -0.103 e. The third kappa shape index (κ3) is 6.15. The van der Waals surface area contributed by atoms with Gasteiger partial charge in [-0.05, 0) is 18.3 Å². The molecule has 66 valence electrons. The van der Waals surface area contributed by atoms with E-state index in [1.807, 2.05) is 0 Å². The van der Waals surface area contributed by atoms with Gasteiger partial charge in [0.25, 0.3) is 0 Å². The zero-order chi connectivity index (χ0) is 8.69. The molecule has 0 aromatic heterocycles. The molecule has 0 nitrogen and oxygen atoms in total.